The summed E-state index contributed by atoms with van der Waals surface area (Å²) in [7, 11) is 0. The number of aromatic hydroxyl groups is 1. The van der Waals surface area contributed by atoms with Gasteiger partial charge in [0.25, 0.3) is 0 Å². The Hall–Kier alpha value is -2.50. The summed E-state index contributed by atoms with van der Waals surface area (Å²) >= 11 is 0. The molecule has 0 aliphatic carbocycles. The molecule has 1 aromatic heterocycles. The van der Waals surface area contributed by atoms with E-state index in [-0.39, 0.29) is 22.7 Å². The standard InChI is InChI=1S/C10H8N2O4/c13-6-4-2-1-3-5(6)7-8(9(14)15)12-10(16)11-7/h1-4,13H,(H,14,15)(H2,11,12,16). The summed E-state index contributed by atoms with van der Waals surface area (Å²) < 4.78 is 0. The molecule has 82 valence electrons. The molecule has 0 aliphatic heterocycles. The highest BCUT2D eigenvalue weighted by atomic mass is 16.4. The number of hydrogen-bond donors (Lipinski definition) is 4. The molecular formula is C10H8N2O4. The molecule has 0 aliphatic rings. The average Bonchev–Trinajstić information content (AvgIpc) is 2.61. The van der Waals surface area contributed by atoms with E-state index in [0.717, 1.165) is 0 Å². The number of H-pyrrole nitrogens is 2. The summed E-state index contributed by atoms with van der Waals surface area (Å²) in [6.45, 7) is 0. The van der Waals surface area contributed by atoms with Gasteiger partial charge in [0.05, 0.1) is 5.69 Å². The quantitative estimate of drug-likeness (QED) is 0.599. The number of phenolic OH excluding ortho intramolecular Hbond substituents is 1. The first-order valence-electron chi connectivity index (χ1n) is 4.43. The van der Waals surface area contributed by atoms with Crippen molar-refractivity contribution >= 4 is 5.97 Å². The lowest BCUT2D eigenvalue weighted by molar-refractivity contribution is 0.0692. The lowest BCUT2D eigenvalue weighted by Crippen LogP contribution is -2.03. The lowest BCUT2D eigenvalue weighted by Gasteiger charge is -2.02. The number of para-hydroxylation sites is 1. The van der Waals surface area contributed by atoms with Crippen molar-refractivity contribution in [3.63, 3.8) is 0 Å². The maximum atomic E-state index is 11.0. The molecule has 0 atom stereocenters. The maximum Gasteiger partial charge on any atom is 0.354 e. The molecule has 0 bridgehead atoms. The number of hydrogen-bond acceptors (Lipinski definition) is 3. The molecule has 6 heteroatoms. The van der Waals surface area contributed by atoms with Gasteiger partial charge in [-0.05, 0) is 12.1 Å². The van der Waals surface area contributed by atoms with Crippen LogP contribution in [0.15, 0.2) is 29.1 Å². The van der Waals surface area contributed by atoms with Crippen LogP contribution in [0, 0.1) is 0 Å². The van der Waals surface area contributed by atoms with Crippen LogP contribution in [0.2, 0.25) is 0 Å². The first-order valence-corrected chi connectivity index (χ1v) is 4.43. The summed E-state index contributed by atoms with van der Waals surface area (Å²) in [4.78, 5) is 26.4. The number of aromatic nitrogens is 2. The molecular weight excluding hydrogens is 212 g/mol. The Morgan fingerprint density at radius 2 is 1.88 bits per heavy atom. The van der Waals surface area contributed by atoms with Crippen LogP contribution in [0.4, 0.5) is 0 Å². The van der Waals surface area contributed by atoms with E-state index in [4.69, 9.17) is 5.11 Å². The average molecular weight is 220 g/mol. The van der Waals surface area contributed by atoms with Crippen molar-refractivity contribution in [2.45, 2.75) is 0 Å². The van der Waals surface area contributed by atoms with Crippen LogP contribution in [0.3, 0.4) is 0 Å². The minimum Gasteiger partial charge on any atom is -0.507 e. The van der Waals surface area contributed by atoms with E-state index in [9.17, 15) is 14.7 Å². The molecule has 4 N–H and O–H groups in total. The summed E-state index contributed by atoms with van der Waals surface area (Å²) in [6.07, 6.45) is 0. The molecule has 6 nitrogen and oxygen atoms in total. The third-order valence-corrected chi connectivity index (χ3v) is 2.11. The molecule has 0 unspecified atom stereocenters. The Bertz CT molecular complexity index is 597. The predicted molar refractivity (Wildman–Crippen MR) is 55.5 cm³/mol. The smallest absolute Gasteiger partial charge is 0.354 e. The number of carboxylic acid groups (broad SMARTS) is 1. The number of carbonyl (C=O) groups is 1. The Labute approximate surface area is 89.2 Å². The van der Waals surface area contributed by atoms with E-state index in [2.05, 4.69) is 9.97 Å². The third-order valence-electron chi connectivity index (χ3n) is 2.11. The Kier molecular flexibility index (Phi) is 2.24. The molecule has 0 saturated heterocycles. The molecule has 0 radical (unpaired) electrons. The number of carboxylic acids is 1. The molecule has 16 heavy (non-hydrogen) atoms. The van der Waals surface area contributed by atoms with Crippen LogP contribution in [0.25, 0.3) is 11.3 Å². The third kappa shape index (κ3) is 1.56. The summed E-state index contributed by atoms with van der Waals surface area (Å²) in [5, 5.41) is 18.4. The first kappa shape index (κ1) is 10.0. The Morgan fingerprint density at radius 1 is 1.19 bits per heavy atom. The van der Waals surface area contributed by atoms with Crippen LogP contribution in [0.1, 0.15) is 10.5 Å². The fraction of sp³-hybridized carbons (Fsp3) is 0. The van der Waals surface area contributed by atoms with Crippen molar-refractivity contribution in [1.29, 1.82) is 0 Å². The normalized spacial score (nSPS) is 10.2. The van der Waals surface area contributed by atoms with E-state index in [1.165, 1.54) is 12.1 Å². The number of phenols is 1. The monoisotopic (exact) mass is 220 g/mol. The zero-order chi connectivity index (χ0) is 11.7. The van der Waals surface area contributed by atoms with Gasteiger partial charge in [-0.2, -0.15) is 0 Å². The SMILES string of the molecule is O=C(O)c1[nH]c(=O)[nH]c1-c1ccccc1O. The van der Waals surface area contributed by atoms with E-state index < -0.39 is 11.7 Å². The van der Waals surface area contributed by atoms with Gasteiger partial charge in [0.2, 0.25) is 0 Å². The van der Waals surface area contributed by atoms with Crippen LogP contribution in [-0.4, -0.2) is 26.2 Å². The van der Waals surface area contributed by atoms with Crippen molar-refractivity contribution in [2.75, 3.05) is 0 Å². The van der Waals surface area contributed by atoms with E-state index in [0.29, 0.717) is 0 Å². The zero-order valence-electron chi connectivity index (χ0n) is 8.02. The number of imidazole rings is 1. The van der Waals surface area contributed by atoms with Gasteiger partial charge in [-0.15, -0.1) is 0 Å². The van der Waals surface area contributed by atoms with Crippen molar-refractivity contribution in [1.82, 2.24) is 9.97 Å². The van der Waals surface area contributed by atoms with Gasteiger partial charge >= 0.3 is 11.7 Å². The minimum absolute atomic E-state index is 0.0654. The second-order valence-corrected chi connectivity index (χ2v) is 3.15. The second kappa shape index (κ2) is 3.58. The molecule has 1 heterocycles. The van der Waals surface area contributed by atoms with Gasteiger partial charge in [-0.1, -0.05) is 12.1 Å². The van der Waals surface area contributed by atoms with Gasteiger partial charge in [0, 0.05) is 5.56 Å². The first-order chi connectivity index (χ1) is 7.59. The van der Waals surface area contributed by atoms with E-state index in [1.807, 2.05) is 0 Å². The minimum atomic E-state index is -1.27. The Balaban J connectivity index is 2.69. The van der Waals surface area contributed by atoms with Gasteiger partial charge in [-0.25, -0.2) is 9.59 Å². The van der Waals surface area contributed by atoms with Crippen LogP contribution >= 0.6 is 0 Å². The number of rotatable bonds is 2. The van der Waals surface area contributed by atoms with Crippen LogP contribution < -0.4 is 5.69 Å². The van der Waals surface area contributed by atoms with Gasteiger partial charge in [0.1, 0.15) is 5.75 Å². The topological polar surface area (TPSA) is 106 Å². The van der Waals surface area contributed by atoms with Gasteiger partial charge in [0.15, 0.2) is 5.69 Å². The number of benzene rings is 1. The van der Waals surface area contributed by atoms with Crippen LogP contribution in [-0.2, 0) is 0 Å². The van der Waals surface area contributed by atoms with Crippen molar-refractivity contribution in [3.05, 3.63) is 40.4 Å². The number of nitrogens with one attached hydrogen (secondary N) is 2. The summed E-state index contributed by atoms with van der Waals surface area (Å²) in [6, 6.07) is 6.16. The lowest BCUT2D eigenvalue weighted by atomic mass is 10.1. The Morgan fingerprint density at radius 3 is 2.50 bits per heavy atom. The molecule has 0 amide bonds. The number of aromatic amines is 2. The zero-order valence-corrected chi connectivity index (χ0v) is 8.02. The van der Waals surface area contributed by atoms with E-state index >= 15 is 0 Å². The molecule has 0 saturated carbocycles. The van der Waals surface area contributed by atoms with Gasteiger partial charge in [-0.3, -0.25) is 4.98 Å². The fourth-order valence-corrected chi connectivity index (χ4v) is 1.43. The van der Waals surface area contributed by atoms with Crippen LogP contribution in [0.5, 0.6) is 5.75 Å². The largest absolute Gasteiger partial charge is 0.507 e. The highest BCUT2D eigenvalue weighted by Gasteiger charge is 2.17. The number of aromatic carboxylic acids is 1. The molecule has 2 aromatic rings. The second-order valence-electron chi connectivity index (χ2n) is 3.15. The highest BCUT2D eigenvalue weighted by molar-refractivity contribution is 5.93. The highest BCUT2D eigenvalue weighted by Crippen LogP contribution is 2.28. The van der Waals surface area contributed by atoms with E-state index in [1.54, 1.807) is 12.1 Å². The maximum absolute atomic E-state index is 11.0. The summed E-state index contributed by atoms with van der Waals surface area (Å²) in [5.74, 6) is -1.36. The summed E-state index contributed by atoms with van der Waals surface area (Å²) in [5.41, 5.74) is -0.573. The predicted octanol–water partition coefficient (Wildman–Crippen LogP) is 0.774. The molecule has 1 aromatic carbocycles. The molecule has 0 fully saturated rings. The molecule has 0 spiro atoms. The van der Waals surface area contributed by atoms with Gasteiger partial charge < -0.3 is 15.2 Å². The molecule has 2 rings (SSSR count). The van der Waals surface area contributed by atoms with Crippen molar-refractivity contribution in [2.24, 2.45) is 0 Å². The fourth-order valence-electron chi connectivity index (χ4n) is 1.43. The van der Waals surface area contributed by atoms with Crippen molar-refractivity contribution < 1.29 is 15.0 Å². The van der Waals surface area contributed by atoms with Crippen molar-refractivity contribution in [3.8, 4) is 17.0 Å².